The van der Waals surface area contributed by atoms with E-state index in [2.05, 4.69) is 27.4 Å². The van der Waals surface area contributed by atoms with Gasteiger partial charge in [0.25, 0.3) is 0 Å². The Morgan fingerprint density at radius 2 is 1.74 bits per heavy atom. The number of aliphatic imine (C=N–C) groups is 1. The van der Waals surface area contributed by atoms with Gasteiger partial charge in [0.2, 0.25) is 5.91 Å². The molecule has 1 aliphatic rings. The smallest absolute Gasteiger partial charge is 0.224 e. The summed E-state index contributed by atoms with van der Waals surface area (Å²) in [5.41, 5.74) is 2.80. The van der Waals surface area contributed by atoms with Crippen molar-refractivity contribution in [2.24, 2.45) is 4.99 Å². The minimum absolute atomic E-state index is 0.0469. The van der Waals surface area contributed by atoms with Gasteiger partial charge in [0.05, 0.1) is 12.2 Å². The van der Waals surface area contributed by atoms with Gasteiger partial charge in [0.15, 0.2) is 5.96 Å². The van der Waals surface area contributed by atoms with E-state index in [4.69, 9.17) is 4.99 Å². The number of benzene rings is 2. The zero-order chi connectivity index (χ0) is 22.1. The molecule has 2 aromatic rings. The van der Waals surface area contributed by atoms with Crippen molar-refractivity contribution in [3.8, 4) is 5.75 Å². The van der Waals surface area contributed by atoms with Crippen molar-refractivity contribution in [1.29, 1.82) is 0 Å². The number of amides is 1. The SMILES string of the molecule is CCCC(=O)Nc1ccc(CN=C(NCC)N2CCN(c3ccccc3O)CC2)cc1. The second-order valence-electron chi connectivity index (χ2n) is 7.63. The number of phenols is 1. The van der Waals surface area contributed by atoms with E-state index < -0.39 is 0 Å². The van der Waals surface area contributed by atoms with Crippen LogP contribution in [0.15, 0.2) is 53.5 Å². The lowest BCUT2D eigenvalue weighted by atomic mass is 10.2. The lowest BCUT2D eigenvalue weighted by molar-refractivity contribution is -0.116. The molecule has 0 spiro atoms. The van der Waals surface area contributed by atoms with Gasteiger partial charge >= 0.3 is 0 Å². The number of piperazine rings is 1. The third kappa shape index (κ3) is 6.38. The highest BCUT2D eigenvalue weighted by Crippen LogP contribution is 2.27. The van der Waals surface area contributed by atoms with E-state index in [1.165, 1.54) is 0 Å². The number of phenolic OH excluding ortho intramolecular Hbond substituents is 1. The van der Waals surface area contributed by atoms with Crippen LogP contribution in [-0.2, 0) is 11.3 Å². The third-order valence-electron chi connectivity index (χ3n) is 5.26. The van der Waals surface area contributed by atoms with Gasteiger partial charge in [-0.1, -0.05) is 31.2 Å². The van der Waals surface area contributed by atoms with E-state index >= 15 is 0 Å². The maximum Gasteiger partial charge on any atom is 0.224 e. The molecule has 0 aromatic heterocycles. The number of rotatable bonds is 7. The summed E-state index contributed by atoms with van der Waals surface area (Å²) >= 11 is 0. The van der Waals surface area contributed by atoms with Gasteiger partial charge in [-0.25, -0.2) is 4.99 Å². The van der Waals surface area contributed by atoms with Crippen molar-refractivity contribution >= 4 is 23.2 Å². The van der Waals surface area contributed by atoms with Gasteiger partial charge in [-0.05, 0) is 43.2 Å². The highest BCUT2D eigenvalue weighted by molar-refractivity contribution is 5.90. The minimum atomic E-state index is 0.0469. The van der Waals surface area contributed by atoms with Crippen molar-refractivity contribution in [1.82, 2.24) is 10.2 Å². The number of guanidine groups is 1. The molecular formula is C24H33N5O2. The molecule has 31 heavy (non-hydrogen) atoms. The molecule has 1 fully saturated rings. The minimum Gasteiger partial charge on any atom is -0.506 e. The van der Waals surface area contributed by atoms with Crippen LogP contribution in [0.1, 0.15) is 32.3 Å². The molecule has 3 rings (SSSR count). The average Bonchev–Trinajstić information content (AvgIpc) is 2.78. The normalized spacial score (nSPS) is 14.5. The molecule has 0 aliphatic carbocycles. The monoisotopic (exact) mass is 423 g/mol. The predicted octanol–water partition coefficient (Wildman–Crippen LogP) is 3.42. The molecule has 1 amide bonds. The van der Waals surface area contributed by atoms with Crippen molar-refractivity contribution in [2.75, 3.05) is 42.9 Å². The van der Waals surface area contributed by atoms with Crippen molar-refractivity contribution < 1.29 is 9.90 Å². The molecule has 0 bridgehead atoms. The molecule has 7 nitrogen and oxygen atoms in total. The zero-order valence-corrected chi connectivity index (χ0v) is 18.5. The lowest BCUT2D eigenvalue weighted by Gasteiger charge is -2.37. The molecule has 1 aliphatic heterocycles. The lowest BCUT2D eigenvalue weighted by Crippen LogP contribution is -2.52. The Balaban J connectivity index is 1.58. The van der Waals surface area contributed by atoms with Crippen LogP contribution in [-0.4, -0.2) is 54.6 Å². The number of para-hydroxylation sites is 2. The van der Waals surface area contributed by atoms with Gasteiger partial charge in [-0.3, -0.25) is 4.79 Å². The van der Waals surface area contributed by atoms with E-state index in [1.807, 2.05) is 49.4 Å². The van der Waals surface area contributed by atoms with Crippen molar-refractivity contribution in [2.45, 2.75) is 33.2 Å². The largest absolute Gasteiger partial charge is 0.506 e. The first-order chi connectivity index (χ1) is 15.1. The van der Waals surface area contributed by atoms with Crippen LogP contribution in [0.3, 0.4) is 0 Å². The molecule has 0 unspecified atom stereocenters. The molecule has 2 aromatic carbocycles. The van der Waals surface area contributed by atoms with Gasteiger partial charge in [0, 0.05) is 44.8 Å². The van der Waals surface area contributed by atoms with E-state index in [-0.39, 0.29) is 5.91 Å². The fourth-order valence-electron chi connectivity index (χ4n) is 3.63. The second kappa shape index (κ2) is 11.2. The first-order valence-corrected chi connectivity index (χ1v) is 11.1. The van der Waals surface area contributed by atoms with Crippen LogP contribution < -0.4 is 15.5 Å². The van der Waals surface area contributed by atoms with Gasteiger partial charge in [0.1, 0.15) is 5.75 Å². The van der Waals surface area contributed by atoms with Crippen molar-refractivity contribution in [3.05, 3.63) is 54.1 Å². The highest BCUT2D eigenvalue weighted by Gasteiger charge is 2.21. The first-order valence-electron chi connectivity index (χ1n) is 11.1. The Labute approximate surface area is 184 Å². The quantitative estimate of drug-likeness (QED) is 0.470. The number of hydrogen-bond acceptors (Lipinski definition) is 4. The summed E-state index contributed by atoms with van der Waals surface area (Å²) in [6, 6.07) is 15.3. The number of hydrogen-bond donors (Lipinski definition) is 3. The average molecular weight is 424 g/mol. The van der Waals surface area contributed by atoms with E-state index in [9.17, 15) is 9.90 Å². The van der Waals surface area contributed by atoms with Gasteiger partial charge < -0.3 is 25.5 Å². The van der Waals surface area contributed by atoms with Crippen LogP contribution in [0.2, 0.25) is 0 Å². The second-order valence-corrected chi connectivity index (χ2v) is 7.63. The summed E-state index contributed by atoms with van der Waals surface area (Å²) in [4.78, 5) is 21.0. The first kappa shape index (κ1) is 22.5. The molecule has 1 saturated heterocycles. The van der Waals surface area contributed by atoms with Gasteiger partial charge in [-0.2, -0.15) is 0 Å². The van der Waals surface area contributed by atoms with Crippen LogP contribution >= 0.6 is 0 Å². The van der Waals surface area contributed by atoms with E-state index in [0.717, 1.165) is 62.0 Å². The highest BCUT2D eigenvalue weighted by atomic mass is 16.3. The zero-order valence-electron chi connectivity index (χ0n) is 18.5. The maximum atomic E-state index is 11.7. The Bertz CT molecular complexity index is 874. The molecule has 0 radical (unpaired) electrons. The van der Waals surface area contributed by atoms with E-state index in [1.54, 1.807) is 6.07 Å². The fraction of sp³-hybridized carbons (Fsp3) is 0.417. The number of nitrogens with zero attached hydrogens (tertiary/aromatic N) is 3. The summed E-state index contributed by atoms with van der Waals surface area (Å²) in [5, 5.41) is 16.4. The Morgan fingerprint density at radius 3 is 2.39 bits per heavy atom. The number of carbonyl (C=O) groups excluding carboxylic acids is 1. The summed E-state index contributed by atoms with van der Waals surface area (Å²) in [7, 11) is 0. The number of aromatic hydroxyl groups is 1. The number of nitrogens with one attached hydrogen (secondary N) is 2. The van der Waals surface area contributed by atoms with Crippen LogP contribution in [0, 0.1) is 0 Å². The summed E-state index contributed by atoms with van der Waals surface area (Å²) in [6.45, 7) is 8.77. The number of anilines is 2. The summed E-state index contributed by atoms with van der Waals surface area (Å²) < 4.78 is 0. The van der Waals surface area contributed by atoms with Crippen LogP contribution in [0.5, 0.6) is 5.75 Å². The fourth-order valence-corrected chi connectivity index (χ4v) is 3.63. The number of carbonyl (C=O) groups is 1. The topological polar surface area (TPSA) is 80.2 Å². The maximum absolute atomic E-state index is 11.7. The Hall–Kier alpha value is -3.22. The summed E-state index contributed by atoms with van der Waals surface area (Å²) in [6.07, 6.45) is 1.38. The van der Waals surface area contributed by atoms with Crippen LogP contribution in [0.4, 0.5) is 11.4 Å². The van der Waals surface area contributed by atoms with E-state index in [0.29, 0.717) is 18.7 Å². The summed E-state index contributed by atoms with van der Waals surface area (Å²) in [5.74, 6) is 1.27. The molecule has 7 heteroatoms. The molecule has 0 saturated carbocycles. The third-order valence-corrected chi connectivity index (χ3v) is 5.26. The molecule has 0 atom stereocenters. The predicted molar refractivity (Wildman–Crippen MR) is 127 cm³/mol. The molecule has 166 valence electrons. The molecule has 1 heterocycles. The van der Waals surface area contributed by atoms with Crippen molar-refractivity contribution in [3.63, 3.8) is 0 Å². The van der Waals surface area contributed by atoms with Gasteiger partial charge in [-0.15, -0.1) is 0 Å². The van der Waals surface area contributed by atoms with Crippen LogP contribution in [0.25, 0.3) is 0 Å². The Kier molecular flexibility index (Phi) is 8.15. The molecular weight excluding hydrogens is 390 g/mol. The Morgan fingerprint density at radius 1 is 1.03 bits per heavy atom. The standard InChI is InChI=1S/C24H33N5O2/c1-3-7-23(31)27-20-12-10-19(11-13-20)18-26-24(25-4-2)29-16-14-28(15-17-29)21-8-5-6-9-22(21)30/h5-6,8-13,30H,3-4,7,14-18H2,1-2H3,(H,25,26)(H,27,31). The molecule has 3 N–H and O–H groups in total.